The zero-order valence-electron chi connectivity index (χ0n) is 17.6. The molecule has 0 aliphatic carbocycles. The number of aliphatic carboxylic acids is 1. The van der Waals surface area contributed by atoms with Gasteiger partial charge in [-0.3, -0.25) is 9.78 Å². The van der Waals surface area contributed by atoms with Gasteiger partial charge in [-0.1, -0.05) is 43.7 Å². The molecule has 168 valence electrons. The van der Waals surface area contributed by atoms with Crippen LogP contribution in [0.3, 0.4) is 0 Å². The molecule has 2 aromatic rings. The summed E-state index contributed by atoms with van der Waals surface area (Å²) in [6.07, 6.45) is 0.731. The molecular weight excluding hydrogens is 447 g/mol. The molecule has 0 bridgehead atoms. The standard InChI is InChI=1S/C21H28N2O4S.2ClH/c1-13(2)9-19-17(10-22)21(16-7-5-14(3)6-8-16)18(15(4)23-19)11-28(26,27)12-20(24)25;;/h5-8,13H,9-12,22H2,1-4H3,(H,24,25);2*1H. The normalized spacial score (nSPS) is 11.0. The van der Waals surface area contributed by atoms with Crippen LogP contribution in [0.5, 0.6) is 0 Å². The molecule has 1 aromatic heterocycles. The minimum absolute atomic E-state index is 0. The lowest BCUT2D eigenvalue weighted by atomic mass is 9.90. The van der Waals surface area contributed by atoms with E-state index in [9.17, 15) is 13.2 Å². The van der Waals surface area contributed by atoms with Crippen LogP contribution in [0.15, 0.2) is 24.3 Å². The van der Waals surface area contributed by atoms with E-state index in [1.807, 2.05) is 31.2 Å². The second-order valence-electron chi connectivity index (χ2n) is 7.57. The Morgan fingerprint density at radius 3 is 2.13 bits per heavy atom. The summed E-state index contributed by atoms with van der Waals surface area (Å²) in [4.78, 5) is 15.6. The topological polar surface area (TPSA) is 110 Å². The van der Waals surface area contributed by atoms with Crippen LogP contribution in [-0.2, 0) is 33.4 Å². The van der Waals surface area contributed by atoms with Crippen molar-refractivity contribution in [1.29, 1.82) is 0 Å². The SMILES string of the molecule is Cc1ccc(-c2c(CS(=O)(=O)CC(=O)O)c(C)nc(CC(C)C)c2CN)cc1.Cl.Cl. The van der Waals surface area contributed by atoms with Crippen LogP contribution in [0.1, 0.15) is 41.9 Å². The highest BCUT2D eigenvalue weighted by molar-refractivity contribution is 7.91. The van der Waals surface area contributed by atoms with Gasteiger partial charge in [0.2, 0.25) is 0 Å². The van der Waals surface area contributed by atoms with Crippen LogP contribution in [0.25, 0.3) is 11.1 Å². The van der Waals surface area contributed by atoms with Crippen LogP contribution in [0, 0.1) is 19.8 Å². The molecule has 0 radical (unpaired) electrons. The third kappa shape index (κ3) is 7.23. The van der Waals surface area contributed by atoms with Gasteiger partial charge in [-0.2, -0.15) is 0 Å². The molecule has 0 aliphatic heterocycles. The highest BCUT2D eigenvalue weighted by Gasteiger charge is 2.24. The number of hydrogen-bond donors (Lipinski definition) is 2. The zero-order chi connectivity index (χ0) is 21.1. The summed E-state index contributed by atoms with van der Waals surface area (Å²) < 4.78 is 24.8. The number of pyridine rings is 1. The van der Waals surface area contributed by atoms with Crippen LogP contribution in [0.2, 0.25) is 0 Å². The van der Waals surface area contributed by atoms with Crippen molar-refractivity contribution in [3.05, 3.63) is 52.3 Å². The molecule has 1 aromatic carbocycles. The molecule has 0 unspecified atom stereocenters. The summed E-state index contributed by atoms with van der Waals surface area (Å²) in [6, 6.07) is 7.80. The summed E-state index contributed by atoms with van der Waals surface area (Å²) in [5.41, 5.74) is 11.6. The molecule has 0 amide bonds. The number of hydrogen-bond acceptors (Lipinski definition) is 5. The van der Waals surface area contributed by atoms with E-state index in [0.717, 1.165) is 34.4 Å². The number of carbonyl (C=O) groups is 1. The second-order valence-corrected chi connectivity index (χ2v) is 9.63. The third-order valence-corrected chi connectivity index (χ3v) is 5.96. The Morgan fingerprint density at radius 1 is 1.10 bits per heavy atom. The molecule has 0 spiro atoms. The van der Waals surface area contributed by atoms with Gasteiger partial charge in [-0.15, -0.1) is 24.8 Å². The summed E-state index contributed by atoms with van der Waals surface area (Å²) >= 11 is 0. The number of sulfone groups is 1. The molecule has 30 heavy (non-hydrogen) atoms. The highest BCUT2D eigenvalue weighted by Crippen LogP contribution is 2.33. The minimum atomic E-state index is -3.84. The van der Waals surface area contributed by atoms with Gasteiger partial charge in [-0.25, -0.2) is 8.42 Å². The lowest BCUT2D eigenvalue weighted by molar-refractivity contribution is -0.134. The summed E-state index contributed by atoms with van der Waals surface area (Å²) in [6.45, 7) is 8.16. The maximum Gasteiger partial charge on any atom is 0.318 e. The molecule has 0 aliphatic rings. The summed E-state index contributed by atoms with van der Waals surface area (Å²) in [5.74, 6) is -2.29. The van der Waals surface area contributed by atoms with Gasteiger partial charge in [0.1, 0.15) is 5.75 Å². The van der Waals surface area contributed by atoms with E-state index in [-0.39, 0.29) is 37.1 Å². The average molecular weight is 477 g/mol. The van der Waals surface area contributed by atoms with Gasteiger partial charge in [-0.05, 0) is 48.4 Å². The number of nitrogens with zero attached hydrogens (tertiary/aromatic N) is 1. The van der Waals surface area contributed by atoms with Gasteiger partial charge < -0.3 is 10.8 Å². The Labute approximate surface area is 191 Å². The van der Waals surface area contributed by atoms with Crippen LogP contribution in [0.4, 0.5) is 0 Å². The monoisotopic (exact) mass is 476 g/mol. The molecule has 6 nitrogen and oxygen atoms in total. The maximum atomic E-state index is 12.4. The Hall–Kier alpha value is -1.67. The fourth-order valence-electron chi connectivity index (χ4n) is 3.32. The second kappa shape index (κ2) is 11.6. The van der Waals surface area contributed by atoms with Crippen molar-refractivity contribution in [3.8, 4) is 11.1 Å². The quantitative estimate of drug-likeness (QED) is 0.597. The van der Waals surface area contributed by atoms with Crippen molar-refractivity contribution in [2.75, 3.05) is 5.75 Å². The molecule has 0 saturated carbocycles. The average Bonchev–Trinajstić information content (AvgIpc) is 2.56. The molecule has 0 fully saturated rings. The number of aromatic nitrogens is 1. The number of rotatable bonds is 8. The Balaban J connectivity index is 0.00000420. The molecular formula is C21H30Cl2N2O4S. The number of halogens is 2. The number of carboxylic acid groups (broad SMARTS) is 1. The van der Waals surface area contributed by atoms with Crippen molar-refractivity contribution in [3.63, 3.8) is 0 Å². The summed E-state index contributed by atoms with van der Waals surface area (Å²) in [7, 11) is -3.84. The van der Waals surface area contributed by atoms with E-state index in [2.05, 4.69) is 18.8 Å². The van der Waals surface area contributed by atoms with E-state index >= 15 is 0 Å². The van der Waals surface area contributed by atoms with Crippen LogP contribution in [-0.4, -0.2) is 30.2 Å². The number of nitrogens with two attached hydrogens (primary N) is 1. The lowest BCUT2D eigenvalue weighted by Crippen LogP contribution is -2.20. The smallest absolute Gasteiger partial charge is 0.318 e. The van der Waals surface area contributed by atoms with Crippen molar-refractivity contribution in [2.45, 2.75) is 46.4 Å². The maximum absolute atomic E-state index is 12.4. The number of aryl methyl sites for hydroxylation is 2. The zero-order valence-corrected chi connectivity index (χ0v) is 20.1. The first-order valence-corrected chi connectivity index (χ1v) is 11.1. The predicted octanol–water partition coefficient (Wildman–Crippen LogP) is 3.87. The van der Waals surface area contributed by atoms with Gasteiger partial charge in [0.15, 0.2) is 9.84 Å². The first-order chi connectivity index (χ1) is 13.0. The molecule has 0 saturated heterocycles. The van der Waals surface area contributed by atoms with E-state index in [0.29, 0.717) is 17.2 Å². The molecule has 9 heteroatoms. The van der Waals surface area contributed by atoms with Gasteiger partial charge in [0.25, 0.3) is 0 Å². The van der Waals surface area contributed by atoms with Gasteiger partial charge in [0.05, 0.1) is 5.75 Å². The predicted molar refractivity (Wildman–Crippen MR) is 125 cm³/mol. The van der Waals surface area contributed by atoms with E-state index in [1.54, 1.807) is 6.92 Å². The van der Waals surface area contributed by atoms with E-state index in [1.165, 1.54) is 0 Å². The number of benzene rings is 1. The van der Waals surface area contributed by atoms with E-state index < -0.39 is 21.6 Å². The van der Waals surface area contributed by atoms with E-state index in [4.69, 9.17) is 10.8 Å². The Bertz CT molecular complexity index is 975. The Morgan fingerprint density at radius 2 is 1.67 bits per heavy atom. The molecule has 3 N–H and O–H groups in total. The van der Waals surface area contributed by atoms with Crippen molar-refractivity contribution in [1.82, 2.24) is 4.98 Å². The summed E-state index contributed by atoms with van der Waals surface area (Å²) in [5, 5.41) is 8.94. The van der Waals surface area contributed by atoms with Gasteiger partial charge >= 0.3 is 5.97 Å². The highest BCUT2D eigenvalue weighted by atomic mass is 35.5. The van der Waals surface area contributed by atoms with Crippen LogP contribution >= 0.6 is 24.8 Å². The molecule has 0 atom stereocenters. The largest absolute Gasteiger partial charge is 0.480 e. The minimum Gasteiger partial charge on any atom is -0.480 e. The Kier molecular flexibility index (Phi) is 11.0. The first kappa shape index (κ1) is 28.3. The van der Waals surface area contributed by atoms with Crippen molar-refractivity contribution < 1.29 is 18.3 Å². The number of carboxylic acids is 1. The lowest BCUT2D eigenvalue weighted by Gasteiger charge is -2.21. The van der Waals surface area contributed by atoms with Gasteiger partial charge in [0, 0.05) is 17.9 Å². The molecule has 2 rings (SSSR count). The fourth-order valence-corrected chi connectivity index (χ4v) is 4.60. The van der Waals surface area contributed by atoms with Crippen LogP contribution < -0.4 is 5.73 Å². The van der Waals surface area contributed by atoms with Crippen molar-refractivity contribution >= 4 is 40.6 Å². The fraction of sp³-hybridized carbons (Fsp3) is 0.429. The third-order valence-electron chi connectivity index (χ3n) is 4.54. The molecule has 1 heterocycles. The first-order valence-electron chi connectivity index (χ1n) is 9.24. The van der Waals surface area contributed by atoms with Crippen molar-refractivity contribution in [2.24, 2.45) is 11.7 Å².